The Kier molecular flexibility index (Phi) is 4.72. The zero-order valence-corrected chi connectivity index (χ0v) is 14.5. The Bertz CT molecular complexity index is 765. The number of pyridine rings is 1. The van der Waals surface area contributed by atoms with E-state index in [9.17, 15) is 8.42 Å². The van der Waals surface area contributed by atoms with E-state index in [2.05, 4.69) is 10.3 Å². The molecule has 1 atom stereocenters. The van der Waals surface area contributed by atoms with Gasteiger partial charge in [0.25, 0.3) is 0 Å². The second-order valence-electron chi connectivity index (χ2n) is 4.81. The van der Waals surface area contributed by atoms with E-state index in [1.165, 1.54) is 10.4 Å². The SMILES string of the molecule is O=S(=O)(c1cc(Cl)sc1Cl)N1CCNCC1c1cccnc1. The zero-order chi connectivity index (χ0) is 15.7. The predicted octanol–water partition coefficient (Wildman–Crippen LogP) is 2.79. The lowest BCUT2D eigenvalue weighted by Crippen LogP contribution is -2.48. The van der Waals surface area contributed by atoms with Crippen molar-refractivity contribution in [1.82, 2.24) is 14.6 Å². The first-order valence-corrected chi connectivity index (χ1v) is 9.58. The Morgan fingerprint density at radius 2 is 2.23 bits per heavy atom. The smallest absolute Gasteiger partial charge is 0.246 e. The first-order chi connectivity index (χ1) is 10.5. The molecule has 118 valence electrons. The van der Waals surface area contributed by atoms with E-state index in [1.807, 2.05) is 6.07 Å². The van der Waals surface area contributed by atoms with Gasteiger partial charge in [0.2, 0.25) is 10.0 Å². The van der Waals surface area contributed by atoms with Gasteiger partial charge in [-0.2, -0.15) is 4.31 Å². The number of nitrogens with one attached hydrogen (secondary N) is 1. The fourth-order valence-electron chi connectivity index (χ4n) is 2.46. The molecule has 0 aromatic carbocycles. The van der Waals surface area contributed by atoms with Crippen LogP contribution < -0.4 is 5.32 Å². The van der Waals surface area contributed by atoms with Crippen molar-refractivity contribution in [1.29, 1.82) is 0 Å². The van der Waals surface area contributed by atoms with Gasteiger partial charge in [0.1, 0.15) is 9.23 Å². The molecule has 1 fully saturated rings. The van der Waals surface area contributed by atoms with E-state index in [0.29, 0.717) is 24.0 Å². The highest BCUT2D eigenvalue weighted by Gasteiger charge is 2.36. The van der Waals surface area contributed by atoms with E-state index >= 15 is 0 Å². The van der Waals surface area contributed by atoms with Crippen LogP contribution in [-0.4, -0.2) is 37.3 Å². The largest absolute Gasteiger partial charge is 0.313 e. The number of sulfonamides is 1. The van der Waals surface area contributed by atoms with Crippen LogP contribution in [0.1, 0.15) is 11.6 Å². The van der Waals surface area contributed by atoms with E-state index in [4.69, 9.17) is 23.2 Å². The zero-order valence-electron chi connectivity index (χ0n) is 11.4. The van der Waals surface area contributed by atoms with E-state index in [0.717, 1.165) is 16.9 Å². The van der Waals surface area contributed by atoms with Gasteiger partial charge in [-0.1, -0.05) is 29.3 Å². The van der Waals surface area contributed by atoms with Crippen molar-refractivity contribution >= 4 is 44.6 Å². The highest BCUT2D eigenvalue weighted by atomic mass is 35.5. The maximum absolute atomic E-state index is 12.9. The number of nitrogens with zero attached hydrogens (tertiary/aromatic N) is 2. The molecule has 5 nitrogen and oxygen atoms in total. The summed E-state index contributed by atoms with van der Waals surface area (Å²) in [5, 5.41) is 3.22. The molecule has 0 amide bonds. The number of thiophene rings is 1. The maximum atomic E-state index is 12.9. The van der Waals surface area contributed by atoms with Crippen molar-refractivity contribution in [3.05, 3.63) is 44.8 Å². The van der Waals surface area contributed by atoms with E-state index in [-0.39, 0.29) is 15.3 Å². The number of rotatable bonds is 3. The average molecular weight is 378 g/mol. The van der Waals surface area contributed by atoms with Gasteiger partial charge in [0.15, 0.2) is 0 Å². The fraction of sp³-hybridized carbons (Fsp3) is 0.308. The fourth-order valence-corrected chi connectivity index (χ4v) is 6.19. The summed E-state index contributed by atoms with van der Waals surface area (Å²) in [6.07, 6.45) is 3.34. The number of halogens is 2. The molecule has 0 bridgehead atoms. The highest BCUT2D eigenvalue weighted by molar-refractivity contribution is 7.89. The summed E-state index contributed by atoms with van der Waals surface area (Å²) in [4.78, 5) is 4.15. The third-order valence-electron chi connectivity index (χ3n) is 3.48. The molecule has 3 rings (SSSR count). The molecule has 1 aliphatic heterocycles. The Morgan fingerprint density at radius 1 is 1.41 bits per heavy atom. The second-order valence-corrected chi connectivity index (χ2v) is 8.96. The number of hydrogen-bond donors (Lipinski definition) is 1. The van der Waals surface area contributed by atoms with Crippen molar-refractivity contribution < 1.29 is 8.42 Å². The quantitative estimate of drug-likeness (QED) is 0.892. The first-order valence-electron chi connectivity index (χ1n) is 6.57. The summed E-state index contributed by atoms with van der Waals surface area (Å²) in [6, 6.07) is 4.76. The van der Waals surface area contributed by atoms with Gasteiger partial charge >= 0.3 is 0 Å². The van der Waals surface area contributed by atoms with Gasteiger partial charge in [0.05, 0.1) is 10.4 Å². The van der Waals surface area contributed by atoms with Crippen LogP contribution in [0.4, 0.5) is 0 Å². The summed E-state index contributed by atoms with van der Waals surface area (Å²) < 4.78 is 27.9. The summed E-state index contributed by atoms with van der Waals surface area (Å²) >= 11 is 13.0. The van der Waals surface area contributed by atoms with Crippen molar-refractivity contribution in [3.8, 4) is 0 Å². The minimum absolute atomic E-state index is 0.0694. The highest BCUT2D eigenvalue weighted by Crippen LogP contribution is 2.38. The third kappa shape index (κ3) is 3.02. The third-order valence-corrected chi connectivity index (χ3v) is 7.14. The minimum Gasteiger partial charge on any atom is -0.313 e. The lowest BCUT2D eigenvalue weighted by Gasteiger charge is -2.35. The molecule has 22 heavy (non-hydrogen) atoms. The molecule has 2 aromatic rings. The van der Waals surface area contributed by atoms with Crippen LogP contribution in [0.2, 0.25) is 8.67 Å². The first kappa shape index (κ1) is 16.2. The molecule has 0 saturated carbocycles. The second kappa shape index (κ2) is 6.43. The Morgan fingerprint density at radius 3 is 2.86 bits per heavy atom. The predicted molar refractivity (Wildman–Crippen MR) is 88.1 cm³/mol. The van der Waals surface area contributed by atoms with Crippen LogP contribution in [0.3, 0.4) is 0 Å². The Hall–Kier alpha value is -0.700. The van der Waals surface area contributed by atoms with Gasteiger partial charge in [-0.15, -0.1) is 11.3 Å². The molecular formula is C13H13Cl2N3O2S2. The van der Waals surface area contributed by atoms with Crippen molar-refractivity contribution in [2.75, 3.05) is 19.6 Å². The molecule has 1 saturated heterocycles. The monoisotopic (exact) mass is 377 g/mol. The number of aromatic nitrogens is 1. The average Bonchev–Trinajstić information content (AvgIpc) is 2.87. The van der Waals surface area contributed by atoms with Gasteiger partial charge in [0, 0.05) is 32.0 Å². The molecule has 3 heterocycles. The lowest BCUT2D eigenvalue weighted by molar-refractivity contribution is 0.271. The van der Waals surface area contributed by atoms with Crippen LogP contribution >= 0.6 is 34.5 Å². The van der Waals surface area contributed by atoms with E-state index in [1.54, 1.807) is 18.5 Å². The standard InChI is InChI=1S/C13H13Cl2N3O2S2/c14-12-6-11(13(15)21-12)22(19,20)18-5-4-17-8-10(18)9-2-1-3-16-7-9/h1-3,6-7,10,17H,4-5,8H2. The summed E-state index contributed by atoms with van der Waals surface area (Å²) in [5.41, 5.74) is 0.843. The molecule has 1 N–H and O–H groups in total. The molecule has 2 aromatic heterocycles. The molecule has 0 radical (unpaired) electrons. The van der Waals surface area contributed by atoms with Crippen LogP contribution in [0, 0.1) is 0 Å². The lowest BCUT2D eigenvalue weighted by atomic mass is 10.1. The van der Waals surface area contributed by atoms with Crippen molar-refractivity contribution in [2.45, 2.75) is 10.9 Å². The molecule has 0 spiro atoms. The van der Waals surface area contributed by atoms with Gasteiger partial charge in [-0.05, 0) is 17.7 Å². The molecule has 9 heteroatoms. The number of piperazine rings is 1. The van der Waals surface area contributed by atoms with Crippen molar-refractivity contribution in [2.24, 2.45) is 0 Å². The molecular weight excluding hydrogens is 365 g/mol. The Balaban J connectivity index is 2.02. The topological polar surface area (TPSA) is 62.3 Å². The Labute approximate surface area is 142 Å². The molecule has 1 unspecified atom stereocenters. The molecule has 0 aliphatic carbocycles. The van der Waals surface area contributed by atoms with Crippen molar-refractivity contribution in [3.63, 3.8) is 0 Å². The number of hydrogen-bond acceptors (Lipinski definition) is 5. The summed E-state index contributed by atoms with van der Waals surface area (Å²) in [6.45, 7) is 1.48. The van der Waals surface area contributed by atoms with Gasteiger partial charge < -0.3 is 5.32 Å². The van der Waals surface area contributed by atoms with E-state index < -0.39 is 10.0 Å². The summed E-state index contributed by atoms with van der Waals surface area (Å²) in [7, 11) is -3.71. The summed E-state index contributed by atoms with van der Waals surface area (Å²) in [5.74, 6) is 0. The van der Waals surface area contributed by atoms with Crippen LogP contribution in [0.15, 0.2) is 35.5 Å². The molecule has 1 aliphatic rings. The van der Waals surface area contributed by atoms with Crippen LogP contribution in [0.5, 0.6) is 0 Å². The van der Waals surface area contributed by atoms with Gasteiger partial charge in [-0.3, -0.25) is 4.98 Å². The normalized spacial score (nSPS) is 20.2. The minimum atomic E-state index is -3.71. The van der Waals surface area contributed by atoms with Crippen LogP contribution in [0.25, 0.3) is 0 Å². The maximum Gasteiger partial charge on any atom is 0.246 e. The van der Waals surface area contributed by atoms with Gasteiger partial charge in [-0.25, -0.2) is 8.42 Å². The van der Waals surface area contributed by atoms with Crippen LogP contribution in [-0.2, 0) is 10.0 Å².